The van der Waals surface area contributed by atoms with Crippen LogP contribution in [0.3, 0.4) is 0 Å². The Kier molecular flexibility index (Phi) is 3.25. The number of fused-ring (bicyclic) bond motifs is 1. The maximum Gasteiger partial charge on any atom is 0.193 e. The van der Waals surface area contributed by atoms with E-state index >= 15 is 0 Å². The third-order valence-corrected chi connectivity index (χ3v) is 4.01. The van der Waals surface area contributed by atoms with Crippen molar-refractivity contribution in [1.82, 2.24) is 9.55 Å². The van der Waals surface area contributed by atoms with E-state index in [1.807, 2.05) is 6.92 Å². The number of hydrogen-bond donors (Lipinski definition) is 0. The van der Waals surface area contributed by atoms with E-state index in [-0.39, 0.29) is 11.9 Å². The van der Waals surface area contributed by atoms with Crippen molar-refractivity contribution in [3.8, 4) is 11.5 Å². The maximum absolute atomic E-state index is 12.7. The Balaban J connectivity index is 2.08. The van der Waals surface area contributed by atoms with Crippen LogP contribution >= 0.6 is 15.9 Å². The predicted molar refractivity (Wildman–Crippen MR) is 76.4 cm³/mol. The van der Waals surface area contributed by atoms with E-state index in [9.17, 15) is 4.79 Å². The third kappa shape index (κ3) is 2.00. The highest BCUT2D eigenvalue weighted by atomic mass is 79.9. The van der Waals surface area contributed by atoms with Crippen LogP contribution in [-0.4, -0.2) is 28.5 Å². The first-order valence-electron chi connectivity index (χ1n) is 6.17. The number of benzene rings is 1. The molecule has 0 fully saturated rings. The number of carbonyl (C=O) groups excluding carboxylic acids is 1. The van der Waals surface area contributed by atoms with E-state index in [2.05, 4.69) is 20.9 Å². The number of imidazole rings is 1. The van der Waals surface area contributed by atoms with Gasteiger partial charge in [0.25, 0.3) is 0 Å². The number of halogens is 1. The zero-order valence-corrected chi connectivity index (χ0v) is 12.6. The standard InChI is InChI=1S/C14H13BrN2O3/c1-8-13(17-4-3-16-7-17)14(18)9-5-10(15)12(19-2)6-11(9)20-8/h3-8,13H,1-2H3. The van der Waals surface area contributed by atoms with Gasteiger partial charge in [0, 0.05) is 18.5 Å². The Bertz CT molecular complexity index is 655. The second-order valence-corrected chi connectivity index (χ2v) is 5.48. The average molecular weight is 337 g/mol. The van der Waals surface area contributed by atoms with E-state index in [0.717, 1.165) is 4.47 Å². The number of hydrogen-bond acceptors (Lipinski definition) is 4. The summed E-state index contributed by atoms with van der Waals surface area (Å²) < 4.78 is 13.6. The number of carbonyl (C=O) groups is 1. The molecule has 0 saturated heterocycles. The zero-order valence-electron chi connectivity index (χ0n) is 11.0. The Morgan fingerprint density at radius 2 is 2.25 bits per heavy atom. The Morgan fingerprint density at radius 1 is 1.45 bits per heavy atom. The predicted octanol–water partition coefficient (Wildman–Crippen LogP) is 2.86. The minimum atomic E-state index is -0.398. The van der Waals surface area contributed by atoms with Crippen molar-refractivity contribution in [1.29, 1.82) is 0 Å². The number of ketones is 1. The highest BCUT2D eigenvalue weighted by Gasteiger charge is 2.36. The highest BCUT2D eigenvalue weighted by molar-refractivity contribution is 9.10. The lowest BCUT2D eigenvalue weighted by Crippen LogP contribution is -2.37. The van der Waals surface area contributed by atoms with Gasteiger partial charge in [-0.2, -0.15) is 0 Å². The fraction of sp³-hybridized carbons (Fsp3) is 0.286. The SMILES string of the molecule is COc1cc2c(cc1Br)C(=O)C(n1ccnc1)C(C)O2. The summed E-state index contributed by atoms with van der Waals surface area (Å²) in [7, 11) is 1.58. The number of rotatable bonds is 2. The van der Waals surface area contributed by atoms with E-state index in [4.69, 9.17) is 9.47 Å². The molecule has 2 unspecified atom stereocenters. The monoisotopic (exact) mass is 336 g/mol. The summed E-state index contributed by atoms with van der Waals surface area (Å²) >= 11 is 3.39. The van der Waals surface area contributed by atoms with E-state index in [0.29, 0.717) is 17.1 Å². The van der Waals surface area contributed by atoms with Gasteiger partial charge in [0.05, 0.1) is 23.5 Å². The lowest BCUT2D eigenvalue weighted by Gasteiger charge is -2.31. The van der Waals surface area contributed by atoms with Crippen LogP contribution in [0.2, 0.25) is 0 Å². The average Bonchev–Trinajstić information content (AvgIpc) is 2.93. The van der Waals surface area contributed by atoms with Crippen LogP contribution in [0.4, 0.5) is 0 Å². The minimum Gasteiger partial charge on any atom is -0.495 e. The smallest absolute Gasteiger partial charge is 0.193 e. The topological polar surface area (TPSA) is 53.4 Å². The van der Waals surface area contributed by atoms with Gasteiger partial charge in [0.2, 0.25) is 0 Å². The third-order valence-electron chi connectivity index (χ3n) is 3.39. The number of nitrogens with zero attached hydrogens (tertiary/aromatic N) is 2. The van der Waals surface area contributed by atoms with Crippen LogP contribution in [-0.2, 0) is 0 Å². The van der Waals surface area contributed by atoms with Crippen LogP contribution < -0.4 is 9.47 Å². The molecule has 0 spiro atoms. The number of Topliss-reactive ketones (excluding diaryl/α,β-unsaturated/α-hetero) is 1. The molecule has 3 rings (SSSR count). The normalized spacial score (nSPS) is 21.2. The lowest BCUT2D eigenvalue weighted by atomic mass is 9.96. The molecule has 0 radical (unpaired) electrons. The molecular weight excluding hydrogens is 324 g/mol. The molecule has 0 amide bonds. The minimum absolute atomic E-state index is 0.0140. The van der Waals surface area contributed by atoms with Crippen molar-refractivity contribution in [3.63, 3.8) is 0 Å². The van der Waals surface area contributed by atoms with Gasteiger partial charge in [0.15, 0.2) is 5.78 Å². The molecule has 6 heteroatoms. The molecular formula is C14H13BrN2O3. The van der Waals surface area contributed by atoms with Gasteiger partial charge in [-0.15, -0.1) is 0 Å². The number of aromatic nitrogens is 2. The number of methoxy groups -OCH3 is 1. The van der Waals surface area contributed by atoms with Crippen LogP contribution in [0.15, 0.2) is 35.3 Å². The highest BCUT2D eigenvalue weighted by Crippen LogP contribution is 2.39. The van der Waals surface area contributed by atoms with E-state index < -0.39 is 6.04 Å². The number of ether oxygens (including phenoxy) is 2. The van der Waals surface area contributed by atoms with E-state index in [1.165, 1.54) is 0 Å². The van der Waals surface area contributed by atoms with Gasteiger partial charge in [-0.3, -0.25) is 4.79 Å². The molecule has 1 aromatic carbocycles. The van der Waals surface area contributed by atoms with Gasteiger partial charge in [0.1, 0.15) is 23.6 Å². The van der Waals surface area contributed by atoms with Crippen molar-refractivity contribution in [2.45, 2.75) is 19.1 Å². The Morgan fingerprint density at radius 3 is 2.90 bits per heavy atom. The summed E-state index contributed by atoms with van der Waals surface area (Å²) in [5.41, 5.74) is 0.550. The maximum atomic E-state index is 12.7. The molecule has 104 valence electrons. The summed E-state index contributed by atoms with van der Waals surface area (Å²) in [6.45, 7) is 1.88. The molecule has 0 aliphatic carbocycles. The van der Waals surface area contributed by atoms with Crippen molar-refractivity contribution < 1.29 is 14.3 Å². The first kappa shape index (κ1) is 13.2. The van der Waals surface area contributed by atoms with Crippen molar-refractivity contribution in [3.05, 3.63) is 40.9 Å². The molecule has 1 aromatic heterocycles. The molecule has 2 atom stereocenters. The van der Waals surface area contributed by atoms with Gasteiger partial charge in [-0.05, 0) is 28.9 Å². The Hall–Kier alpha value is -1.82. The summed E-state index contributed by atoms with van der Waals surface area (Å²) in [5, 5.41) is 0. The van der Waals surface area contributed by atoms with Crippen molar-refractivity contribution >= 4 is 21.7 Å². The summed E-state index contributed by atoms with van der Waals surface area (Å²) in [4.78, 5) is 16.7. The van der Waals surface area contributed by atoms with Crippen molar-refractivity contribution in [2.24, 2.45) is 0 Å². The molecule has 0 N–H and O–H groups in total. The quantitative estimate of drug-likeness (QED) is 0.846. The van der Waals surface area contributed by atoms with E-state index in [1.54, 1.807) is 42.5 Å². The van der Waals surface area contributed by atoms with Crippen LogP contribution in [0.25, 0.3) is 0 Å². The van der Waals surface area contributed by atoms with Gasteiger partial charge in [-0.25, -0.2) is 4.98 Å². The first-order valence-corrected chi connectivity index (χ1v) is 6.97. The van der Waals surface area contributed by atoms with Gasteiger partial charge < -0.3 is 14.0 Å². The molecule has 2 heterocycles. The second-order valence-electron chi connectivity index (χ2n) is 4.62. The van der Waals surface area contributed by atoms with Gasteiger partial charge in [-0.1, -0.05) is 0 Å². The summed E-state index contributed by atoms with van der Waals surface area (Å²) in [6, 6.07) is 3.08. The van der Waals surface area contributed by atoms with Crippen LogP contribution in [0.5, 0.6) is 11.5 Å². The first-order chi connectivity index (χ1) is 9.61. The second kappa shape index (κ2) is 4.94. The summed E-state index contributed by atoms with van der Waals surface area (Å²) in [5.74, 6) is 1.21. The van der Waals surface area contributed by atoms with Crippen molar-refractivity contribution in [2.75, 3.05) is 7.11 Å². The fourth-order valence-electron chi connectivity index (χ4n) is 2.43. The molecule has 1 aliphatic heterocycles. The lowest BCUT2D eigenvalue weighted by molar-refractivity contribution is 0.0717. The fourth-order valence-corrected chi connectivity index (χ4v) is 2.94. The molecule has 0 saturated carbocycles. The molecule has 20 heavy (non-hydrogen) atoms. The van der Waals surface area contributed by atoms with Gasteiger partial charge >= 0.3 is 0 Å². The molecule has 2 aromatic rings. The van der Waals surface area contributed by atoms with Crippen LogP contribution in [0, 0.1) is 0 Å². The summed E-state index contributed by atoms with van der Waals surface area (Å²) in [6.07, 6.45) is 4.78. The Labute approximate surface area is 124 Å². The van der Waals surface area contributed by atoms with Crippen LogP contribution in [0.1, 0.15) is 23.3 Å². The molecule has 5 nitrogen and oxygen atoms in total. The molecule has 0 bridgehead atoms. The molecule has 1 aliphatic rings. The largest absolute Gasteiger partial charge is 0.495 e. The zero-order chi connectivity index (χ0) is 14.3.